The molecule has 2 fully saturated rings. The van der Waals surface area contributed by atoms with Crippen LogP contribution in [0.2, 0.25) is 0 Å². The van der Waals surface area contributed by atoms with Gasteiger partial charge in [0.05, 0.1) is 24.8 Å². The molecule has 0 unspecified atom stereocenters. The molecule has 1 aliphatic carbocycles. The summed E-state index contributed by atoms with van der Waals surface area (Å²) in [5.41, 5.74) is 2.86. The van der Waals surface area contributed by atoms with Crippen LogP contribution in [0, 0.1) is 6.92 Å². The Bertz CT molecular complexity index is 766. The van der Waals surface area contributed by atoms with E-state index in [0.29, 0.717) is 6.04 Å². The molecule has 5 nitrogen and oxygen atoms in total. The lowest BCUT2D eigenvalue weighted by Gasteiger charge is -2.29. The molecule has 2 aliphatic rings. The van der Waals surface area contributed by atoms with Gasteiger partial charge in [0.15, 0.2) is 0 Å². The SMILES string of the molecule is COc1cccc([C@H]2[C@@H](NC(=O)c3cc[nH]c3C)CCN2C2CC2)c1. The first-order chi connectivity index (χ1) is 12.2. The van der Waals surface area contributed by atoms with Crippen LogP contribution >= 0.6 is 0 Å². The van der Waals surface area contributed by atoms with Crippen molar-refractivity contribution in [2.24, 2.45) is 0 Å². The molecule has 1 aromatic carbocycles. The van der Waals surface area contributed by atoms with Crippen molar-refractivity contribution in [3.8, 4) is 5.75 Å². The summed E-state index contributed by atoms with van der Waals surface area (Å²) < 4.78 is 5.41. The first-order valence-corrected chi connectivity index (χ1v) is 9.02. The van der Waals surface area contributed by atoms with Gasteiger partial charge in [0, 0.05) is 24.5 Å². The quantitative estimate of drug-likeness (QED) is 0.880. The van der Waals surface area contributed by atoms with Crippen LogP contribution in [-0.4, -0.2) is 41.5 Å². The van der Waals surface area contributed by atoms with E-state index in [4.69, 9.17) is 4.74 Å². The van der Waals surface area contributed by atoms with Crippen LogP contribution in [0.15, 0.2) is 36.5 Å². The Morgan fingerprint density at radius 3 is 2.80 bits per heavy atom. The summed E-state index contributed by atoms with van der Waals surface area (Å²) in [5, 5.41) is 3.28. The maximum atomic E-state index is 12.7. The lowest BCUT2D eigenvalue weighted by molar-refractivity contribution is 0.0923. The number of hydrogen-bond donors (Lipinski definition) is 2. The first kappa shape index (κ1) is 16.2. The van der Waals surface area contributed by atoms with E-state index < -0.39 is 0 Å². The fraction of sp³-hybridized carbons (Fsp3) is 0.450. The van der Waals surface area contributed by atoms with Gasteiger partial charge >= 0.3 is 0 Å². The molecule has 1 amide bonds. The smallest absolute Gasteiger partial charge is 0.253 e. The molecule has 1 saturated heterocycles. The number of benzene rings is 1. The molecule has 1 aromatic heterocycles. The molecular formula is C20H25N3O2. The van der Waals surface area contributed by atoms with Gasteiger partial charge in [0.1, 0.15) is 5.75 Å². The summed E-state index contributed by atoms with van der Waals surface area (Å²) in [7, 11) is 1.69. The van der Waals surface area contributed by atoms with Gasteiger partial charge in [0.2, 0.25) is 0 Å². The third-order valence-electron chi connectivity index (χ3n) is 5.40. The zero-order valence-electron chi connectivity index (χ0n) is 14.8. The van der Waals surface area contributed by atoms with Gasteiger partial charge in [-0.3, -0.25) is 9.69 Å². The minimum absolute atomic E-state index is 0.00860. The van der Waals surface area contributed by atoms with Crippen molar-refractivity contribution in [2.45, 2.75) is 44.3 Å². The number of H-pyrrole nitrogens is 1. The summed E-state index contributed by atoms with van der Waals surface area (Å²) in [4.78, 5) is 18.3. The molecule has 0 bridgehead atoms. The van der Waals surface area contributed by atoms with Crippen molar-refractivity contribution in [1.29, 1.82) is 0 Å². The molecule has 25 heavy (non-hydrogen) atoms. The van der Waals surface area contributed by atoms with Crippen molar-refractivity contribution in [2.75, 3.05) is 13.7 Å². The van der Waals surface area contributed by atoms with Crippen molar-refractivity contribution >= 4 is 5.91 Å². The lowest BCUT2D eigenvalue weighted by Crippen LogP contribution is -2.40. The van der Waals surface area contributed by atoms with Crippen molar-refractivity contribution < 1.29 is 9.53 Å². The number of ether oxygens (including phenoxy) is 1. The average Bonchev–Trinajstić information content (AvgIpc) is 3.25. The highest BCUT2D eigenvalue weighted by atomic mass is 16.5. The van der Waals surface area contributed by atoms with Crippen LogP contribution in [-0.2, 0) is 0 Å². The second-order valence-electron chi connectivity index (χ2n) is 7.08. The average molecular weight is 339 g/mol. The Kier molecular flexibility index (Phi) is 4.25. The highest BCUT2D eigenvalue weighted by molar-refractivity contribution is 5.95. The number of aryl methyl sites for hydroxylation is 1. The van der Waals surface area contributed by atoms with Crippen LogP contribution in [0.1, 0.15) is 46.9 Å². The number of aromatic amines is 1. The van der Waals surface area contributed by atoms with Gasteiger partial charge in [-0.2, -0.15) is 0 Å². The molecular weight excluding hydrogens is 314 g/mol. The second kappa shape index (κ2) is 6.56. The van der Waals surface area contributed by atoms with E-state index in [-0.39, 0.29) is 18.0 Å². The normalized spacial score (nSPS) is 23.6. The van der Waals surface area contributed by atoms with Gasteiger partial charge in [-0.25, -0.2) is 0 Å². The fourth-order valence-corrected chi connectivity index (χ4v) is 3.98. The Morgan fingerprint density at radius 2 is 2.12 bits per heavy atom. The number of amides is 1. The minimum atomic E-state index is 0.00860. The number of carbonyl (C=O) groups excluding carboxylic acids is 1. The molecule has 0 radical (unpaired) electrons. The molecule has 4 rings (SSSR count). The molecule has 1 aliphatic heterocycles. The molecule has 2 aromatic rings. The third kappa shape index (κ3) is 3.16. The topological polar surface area (TPSA) is 57.4 Å². The number of likely N-dealkylation sites (tertiary alicyclic amines) is 1. The molecule has 5 heteroatoms. The van der Waals surface area contributed by atoms with Crippen molar-refractivity contribution in [1.82, 2.24) is 15.2 Å². The Morgan fingerprint density at radius 1 is 1.28 bits per heavy atom. The van der Waals surface area contributed by atoms with E-state index in [2.05, 4.69) is 27.3 Å². The van der Waals surface area contributed by atoms with Crippen LogP contribution in [0.3, 0.4) is 0 Å². The van der Waals surface area contributed by atoms with E-state index in [0.717, 1.165) is 30.0 Å². The first-order valence-electron chi connectivity index (χ1n) is 9.02. The van der Waals surface area contributed by atoms with E-state index >= 15 is 0 Å². The lowest BCUT2D eigenvalue weighted by atomic mass is 9.99. The molecule has 2 N–H and O–H groups in total. The van der Waals surface area contributed by atoms with Gasteiger partial charge in [-0.15, -0.1) is 0 Å². The zero-order chi connectivity index (χ0) is 17.4. The zero-order valence-corrected chi connectivity index (χ0v) is 14.8. The number of rotatable bonds is 5. The highest BCUT2D eigenvalue weighted by Gasteiger charge is 2.43. The number of aromatic nitrogens is 1. The van der Waals surface area contributed by atoms with E-state index in [1.54, 1.807) is 7.11 Å². The maximum absolute atomic E-state index is 12.7. The van der Waals surface area contributed by atoms with Crippen molar-refractivity contribution in [3.63, 3.8) is 0 Å². The highest BCUT2D eigenvalue weighted by Crippen LogP contribution is 2.41. The summed E-state index contributed by atoms with van der Waals surface area (Å²) in [6.07, 6.45) is 5.32. The fourth-order valence-electron chi connectivity index (χ4n) is 3.98. The Balaban J connectivity index is 1.59. The molecule has 132 valence electrons. The largest absolute Gasteiger partial charge is 0.497 e. The summed E-state index contributed by atoms with van der Waals surface area (Å²) in [6.45, 7) is 2.96. The summed E-state index contributed by atoms with van der Waals surface area (Å²) in [6, 6.07) is 11.1. The second-order valence-corrected chi connectivity index (χ2v) is 7.08. The number of carbonyl (C=O) groups is 1. The third-order valence-corrected chi connectivity index (χ3v) is 5.40. The van der Waals surface area contributed by atoms with Gasteiger partial charge in [-0.1, -0.05) is 12.1 Å². The van der Waals surface area contributed by atoms with E-state index in [1.165, 1.54) is 18.4 Å². The van der Waals surface area contributed by atoms with Crippen molar-refractivity contribution in [3.05, 3.63) is 53.3 Å². The van der Waals surface area contributed by atoms with Crippen LogP contribution < -0.4 is 10.1 Å². The van der Waals surface area contributed by atoms with Gasteiger partial charge < -0.3 is 15.0 Å². The summed E-state index contributed by atoms with van der Waals surface area (Å²) in [5.74, 6) is 0.876. The molecule has 2 heterocycles. The number of nitrogens with one attached hydrogen (secondary N) is 2. The molecule has 1 saturated carbocycles. The predicted octanol–water partition coefficient (Wildman–Crippen LogP) is 3.04. The summed E-state index contributed by atoms with van der Waals surface area (Å²) >= 11 is 0. The van der Waals surface area contributed by atoms with Gasteiger partial charge in [0.25, 0.3) is 5.91 Å². The van der Waals surface area contributed by atoms with Crippen LogP contribution in [0.25, 0.3) is 0 Å². The van der Waals surface area contributed by atoms with Crippen LogP contribution in [0.5, 0.6) is 5.75 Å². The van der Waals surface area contributed by atoms with E-state index in [9.17, 15) is 4.79 Å². The standard InChI is InChI=1S/C20H25N3O2/c1-13-17(8-10-21-13)20(24)22-18-9-11-23(15-6-7-15)19(18)14-4-3-5-16(12-14)25-2/h3-5,8,10,12,15,18-19,21H,6-7,9,11H2,1-2H3,(H,22,24)/t18-,19-/m0/s1. The molecule has 2 atom stereocenters. The van der Waals surface area contributed by atoms with E-state index in [1.807, 2.05) is 31.3 Å². The maximum Gasteiger partial charge on any atom is 0.253 e. The van der Waals surface area contributed by atoms with Gasteiger partial charge in [-0.05, 0) is 49.9 Å². The number of methoxy groups -OCH3 is 1. The predicted molar refractivity (Wildman–Crippen MR) is 96.9 cm³/mol. The monoisotopic (exact) mass is 339 g/mol. The Hall–Kier alpha value is -2.27. The van der Waals surface area contributed by atoms with Crippen LogP contribution in [0.4, 0.5) is 0 Å². The number of nitrogens with zero attached hydrogens (tertiary/aromatic N) is 1. The minimum Gasteiger partial charge on any atom is -0.497 e. The Labute approximate surface area is 148 Å². The number of hydrogen-bond acceptors (Lipinski definition) is 3. The molecule has 0 spiro atoms.